The third-order valence-electron chi connectivity index (χ3n) is 6.11. The first kappa shape index (κ1) is 25.3. The first-order chi connectivity index (χ1) is 16.6. The van der Waals surface area contributed by atoms with E-state index in [2.05, 4.69) is 14.2 Å². The lowest BCUT2D eigenvalue weighted by Gasteiger charge is -2.26. The van der Waals surface area contributed by atoms with Crippen LogP contribution in [0.1, 0.15) is 17.7 Å². The Balaban J connectivity index is 1.61. The van der Waals surface area contributed by atoms with Gasteiger partial charge in [-0.05, 0) is 43.2 Å². The molecular weight excluding hydrogens is 479 g/mol. The molecule has 3 aromatic rings. The van der Waals surface area contributed by atoms with Gasteiger partial charge in [-0.25, -0.2) is 8.42 Å². The molecule has 1 N–H and O–H groups in total. The lowest BCUT2D eigenvalue weighted by Crippen LogP contribution is -2.37. The molecule has 1 saturated heterocycles. The van der Waals surface area contributed by atoms with E-state index in [9.17, 15) is 21.6 Å². The molecule has 4 rings (SSSR count). The van der Waals surface area contributed by atoms with Crippen LogP contribution in [-0.4, -0.2) is 50.7 Å². The van der Waals surface area contributed by atoms with Crippen LogP contribution in [0.2, 0.25) is 0 Å². The van der Waals surface area contributed by atoms with Gasteiger partial charge in [0.2, 0.25) is 0 Å². The Kier molecular flexibility index (Phi) is 7.53. The molecule has 0 spiro atoms. The summed E-state index contributed by atoms with van der Waals surface area (Å²) in [5.74, 6) is 0. The lowest BCUT2D eigenvalue weighted by atomic mass is 10.1. The highest BCUT2D eigenvalue weighted by atomic mass is 32.2. The van der Waals surface area contributed by atoms with E-state index in [0.29, 0.717) is 24.0 Å². The molecule has 0 radical (unpaired) electrons. The average Bonchev–Trinajstić information content (AvgIpc) is 3.14. The summed E-state index contributed by atoms with van der Waals surface area (Å²) in [6.45, 7) is 6.58. The van der Waals surface area contributed by atoms with E-state index in [1.807, 2.05) is 37.3 Å². The number of rotatable bonds is 8. The number of alkyl halides is 3. The van der Waals surface area contributed by atoms with Gasteiger partial charge in [0, 0.05) is 31.9 Å². The number of nitrogens with one attached hydrogen (secondary N) is 1. The first-order valence-electron chi connectivity index (χ1n) is 11.4. The molecule has 1 aromatic heterocycles. The van der Waals surface area contributed by atoms with Gasteiger partial charge in [0.1, 0.15) is 0 Å². The topological polar surface area (TPSA) is 63.6 Å². The summed E-state index contributed by atoms with van der Waals surface area (Å²) < 4.78 is 75.3. The monoisotopic (exact) mass is 507 g/mol. The Morgan fingerprint density at radius 3 is 2.37 bits per heavy atom. The van der Waals surface area contributed by atoms with Gasteiger partial charge in [0.25, 0.3) is 10.0 Å². The molecule has 10 heteroatoms. The fourth-order valence-electron chi connectivity index (χ4n) is 4.21. The van der Waals surface area contributed by atoms with Crippen molar-refractivity contribution in [3.63, 3.8) is 0 Å². The third kappa shape index (κ3) is 6.06. The molecule has 1 fully saturated rings. The number of hydrogen-bond acceptors (Lipinski definition) is 4. The van der Waals surface area contributed by atoms with Gasteiger partial charge < -0.3 is 9.30 Å². The number of benzene rings is 2. The van der Waals surface area contributed by atoms with Crippen LogP contribution >= 0.6 is 0 Å². The van der Waals surface area contributed by atoms with Crippen molar-refractivity contribution in [1.82, 2.24) is 9.47 Å². The van der Waals surface area contributed by atoms with Crippen molar-refractivity contribution in [3.05, 3.63) is 71.9 Å². The summed E-state index contributed by atoms with van der Waals surface area (Å²) in [6.07, 6.45) is -3.78. The van der Waals surface area contributed by atoms with Crippen molar-refractivity contribution in [2.45, 2.75) is 31.0 Å². The summed E-state index contributed by atoms with van der Waals surface area (Å²) in [4.78, 5) is 1.90. The number of sulfonamides is 1. The van der Waals surface area contributed by atoms with Crippen LogP contribution in [0.25, 0.3) is 11.3 Å². The van der Waals surface area contributed by atoms with Crippen LogP contribution in [0.4, 0.5) is 18.9 Å². The highest BCUT2D eigenvalue weighted by Gasteiger charge is 2.32. The van der Waals surface area contributed by atoms with Gasteiger partial charge in [-0.15, -0.1) is 0 Å². The first-order valence-corrected chi connectivity index (χ1v) is 12.9. The summed E-state index contributed by atoms with van der Waals surface area (Å²) in [5, 5.41) is 0. The van der Waals surface area contributed by atoms with Crippen molar-refractivity contribution < 1.29 is 26.3 Å². The van der Waals surface area contributed by atoms with Gasteiger partial charge in [-0.2, -0.15) is 13.2 Å². The van der Waals surface area contributed by atoms with Crippen LogP contribution in [0.3, 0.4) is 0 Å². The largest absolute Gasteiger partial charge is 0.416 e. The number of halogens is 3. The Morgan fingerprint density at radius 1 is 0.971 bits per heavy atom. The Morgan fingerprint density at radius 2 is 1.69 bits per heavy atom. The quantitative estimate of drug-likeness (QED) is 0.466. The number of morpholine rings is 1. The van der Waals surface area contributed by atoms with Crippen molar-refractivity contribution in [1.29, 1.82) is 0 Å². The van der Waals surface area contributed by atoms with E-state index in [4.69, 9.17) is 4.74 Å². The molecule has 0 aliphatic carbocycles. The zero-order valence-corrected chi connectivity index (χ0v) is 20.2. The second kappa shape index (κ2) is 10.4. The number of hydrogen-bond donors (Lipinski definition) is 1. The second-order valence-corrected chi connectivity index (χ2v) is 10.2. The van der Waals surface area contributed by atoms with Gasteiger partial charge in [-0.3, -0.25) is 9.62 Å². The number of nitrogens with zero attached hydrogens (tertiary/aromatic N) is 2. The van der Waals surface area contributed by atoms with Crippen LogP contribution < -0.4 is 4.72 Å². The minimum atomic E-state index is -4.63. The van der Waals surface area contributed by atoms with Crippen molar-refractivity contribution in [3.8, 4) is 11.3 Å². The maximum atomic E-state index is 13.1. The smallest absolute Gasteiger partial charge is 0.379 e. The van der Waals surface area contributed by atoms with Gasteiger partial charge in [0.15, 0.2) is 0 Å². The minimum absolute atomic E-state index is 0.340. The Labute approximate surface area is 203 Å². The molecule has 0 atom stereocenters. The molecule has 0 saturated carbocycles. The predicted octanol–water partition coefficient (Wildman–Crippen LogP) is 5.01. The molecule has 188 valence electrons. The minimum Gasteiger partial charge on any atom is -0.379 e. The highest BCUT2D eigenvalue weighted by molar-refractivity contribution is 7.92. The highest BCUT2D eigenvalue weighted by Crippen LogP contribution is 2.33. The van der Waals surface area contributed by atoms with Crippen molar-refractivity contribution in [2.24, 2.45) is 0 Å². The molecule has 1 aliphatic heterocycles. The molecule has 0 unspecified atom stereocenters. The Bertz CT molecular complexity index is 1250. The number of aromatic nitrogens is 1. The third-order valence-corrected chi connectivity index (χ3v) is 7.48. The van der Waals surface area contributed by atoms with Crippen molar-refractivity contribution >= 4 is 15.7 Å². The van der Waals surface area contributed by atoms with Crippen LogP contribution in [0, 0.1) is 6.92 Å². The summed E-state index contributed by atoms with van der Waals surface area (Å²) >= 11 is 0. The molecule has 2 aromatic carbocycles. The van der Waals surface area contributed by atoms with E-state index in [0.717, 1.165) is 68.7 Å². The Hall–Kier alpha value is -2.82. The molecule has 0 amide bonds. The second-order valence-electron chi connectivity index (χ2n) is 8.48. The van der Waals surface area contributed by atoms with Crippen LogP contribution in [0.15, 0.2) is 65.6 Å². The SMILES string of the molecule is Cc1c(NS(=O)(=O)c2cccc(C(F)(F)F)c2)cc(-c2ccccc2)n1CCCN1CCOCC1. The van der Waals surface area contributed by atoms with Gasteiger partial charge >= 0.3 is 6.18 Å². The van der Waals surface area contributed by atoms with Gasteiger partial charge in [-0.1, -0.05) is 36.4 Å². The predicted molar refractivity (Wildman–Crippen MR) is 129 cm³/mol. The van der Waals surface area contributed by atoms with Crippen LogP contribution in [0.5, 0.6) is 0 Å². The lowest BCUT2D eigenvalue weighted by molar-refractivity contribution is -0.137. The molecule has 2 heterocycles. The maximum Gasteiger partial charge on any atom is 0.416 e. The van der Waals surface area contributed by atoms with E-state index in [1.165, 1.54) is 0 Å². The molecular formula is C25H28F3N3O3S. The zero-order chi connectivity index (χ0) is 25.1. The number of anilines is 1. The molecule has 6 nitrogen and oxygen atoms in total. The van der Waals surface area contributed by atoms with Crippen molar-refractivity contribution in [2.75, 3.05) is 37.6 Å². The molecule has 35 heavy (non-hydrogen) atoms. The number of ether oxygens (including phenoxy) is 1. The molecule has 0 bridgehead atoms. The molecule has 1 aliphatic rings. The average molecular weight is 508 g/mol. The fourth-order valence-corrected chi connectivity index (χ4v) is 5.36. The summed E-state index contributed by atoms with van der Waals surface area (Å²) in [7, 11) is -4.23. The van der Waals surface area contributed by atoms with Gasteiger partial charge in [0.05, 0.1) is 35.1 Å². The standard InChI is InChI=1S/C25H28F3N3O3S/c1-19-23(29-35(32,33)22-10-5-9-21(17-22)25(26,27)28)18-24(20-7-3-2-4-8-20)31(19)12-6-11-30-13-15-34-16-14-30/h2-5,7-10,17-18,29H,6,11-16H2,1H3. The summed E-state index contributed by atoms with van der Waals surface area (Å²) in [6, 6.07) is 15.1. The maximum absolute atomic E-state index is 13.1. The van der Waals surface area contributed by atoms with E-state index >= 15 is 0 Å². The van der Waals surface area contributed by atoms with E-state index < -0.39 is 26.7 Å². The van der Waals surface area contributed by atoms with Crippen LogP contribution in [-0.2, 0) is 27.5 Å². The summed E-state index contributed by atoms with van der Waals surface area (Å²) in [5.41, 5.74) is 1.79. The zero-order valence-electron chi connectivity index (χ0n) is 19.4. The van der Waals surface area contributed by atoms with E-state index in [1.54, 1.807) is 6.07 Å². The fraction of sp³-hybridized carbons (Fsp3) is 0.360. The normalized spacial score (nSPS) is 15.3. The van der Waals surface area contributed by atoms with E-state index in [-0.39, 0.29) is 0 Å².